The van der Waals surface area contributed by atoms with E-state index < -0.39 is 0 Å². The van der Waals surface area contributed by atoms with Gasteiger partial charge in [-0.15, -0.1) is 0 Å². The monoisotopic (exact) mass is 233 g/mol. The molecule has 1 aromatic rings. The highest BCUT2D eigenvalue weighted by atomic mass is 16.5. The van der Waals surface area contributed by atoms with Crippen molar-refractivity contribution in [2.24, 2.45) is 5.73 Å². The molecule has 0 bridgehead atoms. The van der Waals surface area contributed by atoms with Crippen LogP contribution in [-0.4, -0.2) is 26.4 Å². The number of nitrogens with two attached hydrogens (primary N) is 1. The van der Waals surface area contributed by atoms with Crippen LogP contribution >= 0.6 is 0 Å². The SMILES string of the molecule is CCOCCOCc1cccc(C#CCN)c1. The molecule has 0 spiro atoms. The van der Waals surface area contributed by atoms with Gasteiger partial charge in [0.25, 0.3) is 0 Å². The highest BCUT2D eigenvalue weighted by Crippen LogP contribution is 2.05. The van der Waals surface area contributed by atoms with Crippen molar-refractivity contribution in [3.63, 3.8) is 0 Å². The lowest BCUT2D eigenvalue weighted by Crippen LogP contribution is -2.03. The average Bonchev–Trinajstić information content (AvgIpc) is 2.37. The standard InChI is InChI=1S/C14H19NO2/c1-2-16-9-10-17-12-14-6-3-5-13(11-14)7-4-8-15/h3,5-6,11H,2,8-10,12,15H2,1H3. The van der Waals surface area contributed by atoms with Crippen molar-refractivity contribution >= 4 is 0 Å². The van der Waals surface area contributed by atoms with Crippen LogP contribution in [0.2, 0.25) is 0 Å². The van der Waals surface area contributed by atoms with Crippen molar-refractivity contribution < 1.29 is 9.47 Å². The third-order valence-electron chi connectivity index (χ3n) is 2.11. The molecular weight excluding hydrogens is 214 g/mol. The van der Waals surface area contributed by atoms with E-state index in [9.17, 15) is 0 Å². The Kier molecular flexibility index (Phi) is 7.08. The Morgan fingerprint density at radius 1 is 1.24 bits per heavy atom. The van der Waals surface area contributed by atoms with Crippen LogP contribution in [-0.2, 0) is 16.1 Å². The fourth-order valence-corrected chi connectivity index (χ4v) is 1.34. The molecule has 1 aromatic carbocycles. The molecule has 0 heterocycles. The zero-order valence-electron chi connectivity index (χ0n) is 10.2. The minimum atomic E-state index is 0.384. The Bertz CT molecular complexity index is 379. The molecule has 0 aliphatic carbocycles. The molecule has 92 valence electrons. The molecule has 0 amide bonds. The van der Waals surface area contributed by atoms with Gasteiger partial charge in [0.05, 0.1) is 26.4 Å². The Morgan fingerprint density at radius 2 is 2.06 bits per heavy atom. The van der Waals surface area contributed by atoms with Gasteiger partial charge < -0.3 is 15.2 Å². The molecule has 0 aliphatic rings. The lowest BCUT2D eigenvalue weighted by molar-refractivity contribution is 0.0453. The summed E-state index contributed by atoms with van der Waals surface area (Å²) in [6.45, 7) is 4.93. The third kappa shape index (κ3) is 6.08. The van der Waals surface area contributed by atoms with Crippen LogP contribution in [0.4, 0.5) is 0 Å². The lowest BCUT2D eigenvalue weighted by Gasteiger charge is -2.04. The first-order valence-electron chi connectivity index (χ1n) is 5.80. The summed E-state index contributed by atoms with van der Waals surface area (Å²) in [6, 6.07) is 7.98. The Morgan fingerprint density at radius 3 is 2.82 bits per heavy atom. The molecule has 0 aliphatic heterocycles. The fourth-order valence-electron chi connectivity index (χ4n) is 1.34. The predicted molar refractivity (Wildman–Crippen MR) is 68.5 cm³/mol. The molecule has 2 N–H and O–H groups in total. The number of hydrogen-bond acceptors (Lipinski definition) is 3. The topological polar surface area (TPSA) is 44.5 Å². The van der Waals surface area contributed by atoms with E-state index in [-0.39, 0.29) is 0 Å². The number of ether oxygens (including phenoxy) is 2. The molecule has 3 heteroatoms. The zero-order valence-corrected chi connectivity index (χ0v) is 10.2. The van der Waals surface area contributed by atoms with E-state index in [1.165, 1.54) is 0 Å². The van der Waals surface area contributed by atoms with Gasteiger partial charge in [-0.2, -0.15) is 0 Å². The van der Waals surface area contributed by atoms with Crippen LogP contribution in [0.25, 0.3) is 0 Å². The first-order valence-corrected chi connectivity index (χ1v) is 5.80. The first-order chi connectivity index (χ1) is 8.36. The van der Waals surface area contributed by atoms with Crippen LogP contribution in [0.15, 0.2) is 24.3 Å². The minimum absolute atomic E-state index is 0.384. The molecular formula is C14H19NO2. The van der Waals surface area contributed by atoms with Crippen molar-refractivity contribution in [2.45, 2.75) is 13.5 Å². The summed E-state index contributed by atoms with van der Waals surface area (Å²) in [5.74, 6) is 5.83. The second kappa shape index (κ2) is 8.77. The summed E-state index contributed by atoms with van der Waals surface area (Å²) in [4.78, 5) is 0. The zero-order chi connectivity index (χ0) is 12.3. The molecule has 3 nitrogen and oxygen atoms in total. The average molecular weight is 233 g/mol. The Labute approximate surface area is 103 Å². The highest BCUT2D eigenvalue weighted by Gasteiger charge is 1.94. The summed E-state index contributed by atoms with van der Waals surface area (Å²) in [5.41, 5.74) is 7.42. The summed E-state index contributed by atoms with van der Waals surface area (Å²) in [5, 5.41) is 0. The Hall–Kier alpha value is -1.34. The van der Waals surface area contributed by atoms with Gasteiger partial charge in [-0.25, -0.2) is 0 Å². The van der Waals surface area contributed by atoms with Crippen LogP contribution in [0.1, 0.15) is 18.1 Å². The van der Waals surface area contributed by atoms with Crippen molar-refractivity contribution in [1.82, 2.24) is 0 Å². The Balaban J connectivity index is 2.38. The summed E-state index contributed by atoms with van der Waals surface area (Å²) >= 11 is 0. The van der Waals surface area contributed by atoms with Crippen LogP contribution in [0.5, 0.6) is 0 Å². The molecule has 17 heavy (non-hydrogen) atoms. The maximum absolute atomic E-state index is 5.48. The second-order valence-corrected chi connectivity index (χ2v) is 3.46. The van der Waals surface area contributed by atoms with Crippen LogP contribution < -0.4 is 5.73 Å². The van der Waals surface area contributed by atoms with E-state index in [1.54, 1.807) is 0 Å². The van der Waals surface area contributed by atoms with Crippen molar-refractivity contribution in [3.05, 3.63) is 35.4 Å². The molecule has 0 unspecified atom stereocenters. The molecule has 0 saturated heterocycles. The summed E-state index contributed by atoms with van der Waals surface area (Å²) in [7, 11) is 0. The number of rotatable bonds is 6. The maximum Gasteiger partial charge on any atom is 0.0718 e. The summed E-state index contributed by atoms with van der Waals surface area (Å²) < 4.78 is 10.7. The first kappa shape index (κ1) is 13.7. The van der Waals surface area contributed by atoms with Gasteiger partial charge in [0.1, 0.15) is 0 Å². The van der Waals surface area contributed by atoms with E-state index in [0.717, 1.165) is 17.7 Å². The van der Waals surface area contributed by atoms with Gasteiger partial charge in [0.15, 0.2) is 0 Å². The van der Waals surface area contributed by atoms with Crippen LogP contribution in [0.3, 0.4) is 0 Å². The molecule has 1 rings (SSSR count). The summed E-state index contributed by atoms with van der Waals surface area (Å²) in [6.07, 6.45) is 0. The van der Waals surface area contributed by atoms with Crippen molar-refractivity contribution in [2.75, 3.05) is 26.4 Å². The van der Waals surface area contributed by atoms with Gasteiger partial charge in [0, 0.05) is 12.2 Å². The van der Waals surface area contributed by atoms with Gasteiger partial charge >= 0.3 is 0 Å². The smallest absolute Gasteiger partial charge is 0.0718 e. The highest BCUT2D eigenvalue weighted by molar-refractivity contribution is 5.37. The number of benzene rings is 1. The van der Waals surface area contributed by atoms with Crippen LogP contribution in [0, 0.1) is 11.8 Å². The lowest BCUT2D eigenvalue weighted by atomic mass is 10.1. The van der Waals surface area contributed by atoms with Gasteiger partial charge in [-0.05, 0) is 24.6 Å². The fraction of sp³-hybridized carbons (Fsp3) is 0.429. The maximum atomic E-state index is 5.48. The van der Waals surface area contributed by atoms with Gasteiger partial charge in [-0.1, -0.05) is 24.0 Å². The van der Waals surface area contributed by atoms with E-state index in [0.29, 0.717) is 26.4 Å². The predicted octanol–water partition coefficient (Wildman–Crippen LogP) is 1.55. The minimum Gasteiger partial charge on any atom is -0.379 e. The van der Waals surface area contributed by atoms with E-state index in [1.807, 2.05) is 31.2 Å². The van der Waals surface area contributed by atoms with Crippen molar-refractivity contribution in [1.29, 1.82) is 0 Å². The molecule has 0 radical (unpaired) electrons. The third-order valence-corrected chi connectivity index (χ3v) is 2.11. The van der Waals surface area contributed by atoms with E-state index in [4.69, 9.17) is 15.2 Å². The molecule has 0 saturated carbocycles. The molecule has 0 aromatic heterocycles. The second-order valence-electron chi connectivity index (χ2n) is 3.46. The quantitative estimate of drug-likeness (QED) is 0.599. The van der Waals surface area contributed by atoms with Crippen molar-refractivity contribution in [3.8, 4) is 11.8 Å². The van der Waals surface area contributed by atoms with Gasteiger partial charge in [0.2, 0.25) is 0 Å². The molecule has 0 atom stereocenters. The molecule has 0 fully saturated rings. The largest absolute Gasteiger partial charge is 0.379 e. The number of hydrogen-bond donors (Lipinski definition) is 1. The van der Waals surface area contributed by atoms with E-state index in [2.05, 4.69) is 11.8 Å². The van der Waals surface area contributed by atoms with E-state index >= 15 is 0 Å². The normalized spacial score (nSPS) is 9.76. The van der Waals surface area contributed by atoms with Gasteiger partial charge in [-0.3, -0.25) is 0 Å².